The molecule has 1 aliphatic rings. The van der Waals surface area contributed by atoms with Crippen molar-refractivity contribution in [2.75, 3.05) is 39.8 Å². The summed E-state index contributed by atoms with van der Waals surface area (Å²) in [6.45, 7) is 12.1. The van der Waals surface area contributed by atoms with Gasteiger partial charge in [-0.15, -0.1) is 5.54 Å². The molecule has 1 aliphatic heterocycles. The number of quaternary nitrogens is 1. The average Bonchev–Trinajstić information content (AvgIpc) is 2.09. The van der Waals surface area contributed by atoms with Gasteiger partial charge in [0.1, 0.15) is 14.6 Å². The number of hydrazine groups is 1. The van der Waals surface area contributed by atoms with Crippen molar-refractivity contribution in [1.29, 1.82) is 0 Å². The Morgan fingerprint density at radius 1 is 1.27 bits per heavy atom. The van der Waals surface area contributed by atoms with E-state index in [0.717, 1.165) is 37.2 Å². The molecule has 1 heterocycles. The van der Waals surface area contributed by atoms with E-state index in [4.69, 9.17) is 5.84 Å². The molecular weight excluding hydrogens is 202 g/mol. The third kappa shape index (κ3) is 4.80. The number of hydrogen-bond acceptors (Lipinski definition) is 2. The van der Waals surface area contributed by atoms with Crippen molar-refractivity contribution < 1.29 is 4.48 Å². The number of likely N-dealkylation sites (N-methyl/N-ethyl adjacent to an activating group) is 1. The third-order valence-corrected chi connectivity index (χ3v) is 3.71. The molecule has 0 unspecified atom stereocenters. The van der Waals surface area contributed by atoms with Crippen LogP contribution in [0.1, 0.15) is 0 Å². The van der Waals surface area contributed by atoms with Crippen LogP contribution in [0.25, 0.3) is 0 Å². The van der Waals surface area contributed by atoms with Crippen molar-refractivity contribution in [3.8, 4) is 11.5 Å². The lowest BCUT2D eigenvalue weighted by Gasteiger charge is -2.39. The monoisotopic (exact) mass is 226 g/mol. The Labute approximate surface area is 94.8 Å². The summed E-state index contributed by atoms with van der Waals surface area (Å²) >= 11 is 0. The van der Waals surface area contributed by atoms with Gasteiger partial charge in [0.05, 0.1) is 33.2 Å². The van der Waals surface area contributed by atoms with E-state index >= 15 is 0 Å². The number of nitrogens with zero attached hydrogens (tertiary/aromatic N) is 2. The zero-order valence-corrected chi connectivity index (χ0v) is 11.5. The van der Waals surface area contributed by atoms with Crippen LogP contribution in [-0.4, -0.2) is 57.3 Å². The van der Waals surface area contributed by atoms with Crippen LogP contribution < -0.4 is 5.84 Å². The van der Waals surface area contributed by atoms with Crippen LogP contribution in [0.4, 0.5) is 0 Å². The largest absolute Gasteiger partial charge is 0.314 e. The smallest absolute Gasteiger partial charge is 0.140 e. The minimum Gasteiger partial charge on any atom is -0.314 e. The molecule has 2 N–H and O–H groups in total. The lowest BCUT2D eigenvalue weighted by Crippen LogP contribution is -2.58. The Bertz CT molecular complexity index is 264. The summed E-state index contributed by atoms with van der Waals surface area (Å²) in [4.78, 5) is 0. The topological polar surface area (TPSA) is 29.3 Å². The van der Waals surface area contributed by atoms with Crippen molar-refractivity contribution >= 4 is 8.07 Å². The fourth-order valence-corrected chi connectivity index (χ4v) is 2.23. The van der Waals surface area contributed by atoms with Crippen LogP contribution in [-0.2, 0) is 0 Å². The lowest BCUT2D eigenvalue weighted by atomic mass is 10.3. The highest BCUT2D eigenvalue weighted by Gasteiger charge is 2.26. The quantitative estimate of drug-likeness (QED) is 0.305. The first kappa shape index (κ1) is 12.7. The van der Waals surface area contributed by atoms with E-state index in [2.05, 4.69) is 38.2 Å². The Balaban J connectivity index is 2.46. The molecule has 0 aliphatic carbocycles. The Kier molecular flexibility index (Phi) is 3.96. The second kappa shape index (κ2) is 4.66. The van der Waals surface area contributed by atoms with E-state index < -0.39 is 8.07 Å². The Morgan fingerprint density at radius 2 is 1.80 bits per heavy atom. The van der Waals surface area contributed by atoms with Gasteiger partial charge >= 0.3 is 0 Å². The Morgan fingerprint density at radius 3 is 2.27 bits per heavy atom. The molecule has 0 aromatic carbocycles. The van der Waals surface area contributed by atoms with Crippen LogP contribution in [0.5, 0.6) is 0 Å². The second-order valence-corrected chi connectivity index (χ2v) is 10.6. The molecule has 4 heteroatoms. The van der Waals surface area contributed by atoms with Crippen molar-refractivity contribution in [2.45, 2.75) is 19.6 Å². The van der Waals surface area contributed by atoms with Crippen molar-refractivity contribution in [1.82, 2.24) is 5.01 Å². The standard InChI is InChI=1S/C11H24N3Si/c1-14(8-5-11-15(2,3)4)9-6-13(12)7-10-14/h6-10,12H2,1-4H3/q+1. The maximum absolute atomic E-state index is 5.75. The van der Waals surface area contributed by atoms with Gasteiger partial charge in [-0.1, -0.05) is 25.6 Å². The zero-order valence-electron chi connectivity index (χ0n) is 10.5. The summed E-state index contributed by atoms with van der Waals surface area (Å²) in [7, 11) is 1.09. The molecule has 0 spiro atoms. The summed E-state index contributed by atoms with van der Waals surface area (Å²) < 4.78 is 1.06. The molecule has 1 saturated heterocycles. The number of rotatable bonds is 1. The van der Waals surface area contributed by atoms with Gasteiger partial charge in [0, 0.05) is 0 Å². The van der Waals surface area contributed by atoms with Gasteiger partial charge in [-0.3, -0.25) is 5.84 Å². The molecular formula is C11H24N3Si+. The molecule has 0 radical (unpaired) electrons. The minimum absolute atomic E-state index is 0.984. The summed E-state index contributed by atoms with van der Waals surface area (Å²) in [5, 5.41) is 1.91. The molecule has 1 rings (SSSR count). The highest BCUT2D eigenvalue weighted by Crippen LogP contribution is 2.07. The van der Waals surface area contributed by atoms with Crippen LogP contribution in [0.3, 0.4) is 0 Å². The van der Waals surface area contributed by atoms with Crippen LogP contribution in [0, 0.1) is 11.5 Å². The summed E-state index contributed by atoms with van der Waals surface area (Å²) in [6.07, 6.45) is 0. The molecule has 0 aromatic rings. The molecule has 86 valence electrons. The molecule has 15 heavy (non-hydrogen) atoms. The van der Waals surface area contributed by atoms with E-state index in [1.165, 1.54) is 0 Å². The highest BCUT2D eigenvalue weighted by atomic mass is 28.3. The summed E-state index contributed by atoms with van der Waals surface area (Å²) in [5.74, 6) is 9.12. The first-order valence-electron chi connectivity index (χ1n) is 5.64. The van der Waals surface area contributed by atoms with E-state index in [1.807, 2.05) is 5.01 Å². The summed E-state index contributed by atoms with van der Waals surface area (Å²) in [6, 6.07) is 0. The van der Waals surface area contributed by atoms with Crippen molar-refractivity contribution in [2.24, 2.45) is 5.84 Å². The van der Waals surface area contributed by atoms with Crippen LogP contribution in [0.2, 0.25) is 19.6 Å². The van der Waals surface area contributed by atoms with Gasteiger partial charge in [-0.05, 0) is 0 Å². The molecule has 0 aromatic heterocycles. The predicted molar refractivity (Wildman–Crippen MR) is 67.7 cm³/mol. The number of hydrogen-bond donors (Lipinski definition) is 1. The van der Waals surface area contributed by atoms with Crippen molar-refractivity contribution in [3.05, 3.63) is 0 Å². The minimum atomic E-state index is -1.19. The summed E-state index contributed by atoms with van der Waals surface area (Å²) in [5.41, 5.74) is 3.43. The van der Waals surface area contributed by atoms with E-state index in [-0.39, 0.29) is 0 Å². The molecule has 0 atom stereocenters. The third-order valence-electron chi connectivity index (χ3n) is 2.78. The average molecular weight is 226 g/mol. The SMILES string of the molecule is C[N+]1(CC#C[Si](C)(C)C)CCN(N)CC1. The molecule has 0 bridgehead atoms. The first-order valence-corrected chi connectivity index (χ1v) is 9.14. The van der Waals surface area contributed by atoms with E-state index in [9.17, 15) is 0 Å². The van der Waals surface area contributed by atoms with Gasteiger partial charge in [-0.25, -0.2) is 5.01 Å². The van der Waals surface area contributed by atoms with Crippen LogP contribution >= 0.6 is 0 Å². The van der Waals surface area contributed by atoms with Crippen molar-refractivity contribution in [3.63, 3.8) is 0 Å². The fraction of sp³-hybridized carbons (Fsp3) is 0.818. The second-order valence-electron chi connectivity index (χ2n) is 5.81. The normalized spacial score (nSPS) is 21.9. The maximum Gasteiger partial charge on any atom is 0.140 e. The molecule has 0 saturated carbocycles. The van der Waals surface area contributed by atoms with Crippen LogP contribution in [0.15, 0.2) is 0 Å². The number of nitrogens with two attached hydrogens (primary N) is 1. The zero-order chi connectivity index (χ0) is 11.5. The van der Waals surface area contributed by atoms with E-state index in [0.29, 0.717) is 0 Å². The maximum atomic E-state index is 5.75. The Hall–Kier alpha value is -0.343. The van der Waals surface area contributed by atoms with Gasteiger partial charge < -0.3 is 4.48 Å². The van der Waals surface area contributed by atoms with Gasteiger partial charge in [0.15, 0.2) is 0 Å². The number of piperazine rings is 1. The fourth-order valence-electron chi connectivity index (χ4n) is 1.62. The predicted octanol–water partition coefficient (Wildman–Crippen LogP) is 0.503. The molecule has 3 nitrogen and oxygen atoms in total. The van der Waals surface area contributed by atoms with E-state index in [1.54, 1.807) is 0 Å². The van der Waals surface area contributed by atoms with Gasteiger partial charge in [0.25, 0.3) is 0 Å². The molecule has 0 amide bonds. The van der Waals surface area contributed by atoms with Gasteiger partial charge in [0.2, 0.25) is 0 Å². The lowest BCUT2D eigenvalue weighted by molar-refractivity contribution is -0.907. The highest BCUT2D eigenvalue weighted by molar-refractivity contribution is 6.83. The van der Waals surface area contributed by atoms with Gasteiger partial charge in [-0.2, -0.15) is 0 Å². The first-order chi connectivity index (χ1) is 6.81. The molecule has 1 fully saturated rings.